The quantitative estimate of drug-likeness (QED) is 0.725. The molecule has 0 amide bonds. The van der Waals surface area contributed by atoms with Gasteiger partial charge in [0.25, 0.3) is 0 Å². The van der Waals surface area contributed by atoms with E-state index in [1.165, 1.54) is 12.8 Å². The average Bonchev–Trinajstić information content (AvgIpc) is 2.45. The van der Waals surface area contributed by atoms with Crippen LogP contribution < -0.4 is 0 Å². The number of halogens is 1. The summed E-state index contributed by atoms with van der Waals surface area (Å²) >= 11 is 3.50. The van der Waals surface area contributed by atoms with Crippen LogP contribution in [0.3, 0.4) is 0 Å². The van der Waals surface area contributed by atoms with E-state index in [1.54, 1.807) is 0 Å². The predicted molar refractivity (Wildman–Crippen MR) is 60.6 cm³/mol. The molecule has 1 aliphatic rings. The zero-order valence-corrected chi connectivity index (χ0v) is 10.3. The van der Waals surface area contributed by atoms with Crippen LogP contribution in [0.2, 0.25) is 0 Å². The van der Waals surface area contributed by atoms with Crippen LogP contribution in [-0.2, 0) is 0 Å². The molecule has 4 heteroatoms. The number of aliphatic hydroxyl groups excluding tert-OH is 2. The average molecular weight is 266 g/mol. The van der Waals surface area contributed by atoms with Crippen molar-refractivity contribution in [1.82, 2.24) is 4.90 Å². The Kier molecular flexibility index (Phi) is 5.38. The summed E-state index contributed by atoms with van der Waals surface area (Å²) in [6.07, 6.45) is 1.29. The fraction of sp³-hybridized carbons (Fsp3) is 1.00. The Hall–Kier alpha value is 0.360. The van der Waals surface area contributed by atoms with E-state index in [1.807, 2.05) is 0 Å². The third kappa shape index (κ3) is 3.50. The Morgan fingerprint density at radius 1 is 1.36 bits per heavy atom. The third-order valence-electron chi connectivity index (χ3n) is 2.77. The van der Waals surface area contributed by atoms with E-state index in [0.717, 1.165) is 11.9 Å². The summed E-state index contributed by atoms with van der Waals surface area (Å²) in [6, 6.07) is 0. The normalized spacial score (nSPS) is 30.9. The van der Waals surface area contributed by atoms with Gasteiger partial charge in [0.2, 0.25) is 0 Å². The molecule has 3 atom stereocenters. The number of hydrogen-bond donors (Lipinski definition) is 2. The smallest absolute Gasteiger partial charge is 0.0938 e. The van der Waals surface area contributed by atoms with Crippen LogP contribution in [0, 0.1) is 5.92 Å². The first-order valence-corrected chi connectivity index (χ1v) is 6.44. The van der Waals surface area contributed by atoms with Gasteiger partial charge in [0.05, 0.1) is 12.2 Å². The molecule has 3 unspecified atom stereocenters. The fourth-order valence-corrected chi connectivity index (χ4v) is 2.52. The predicted octanol–water partition coefficient (Wildman–Crippen LogP) is 0.835. The molecule has 14 heavy (non-hydrogen) atoms. The van der Waals surface area contributed by atoms with Crippen LogP contribution in [0.25, 0.3) is 0 Å². The molecule has 0 saturated carbocycles. The standard InChI is InChI=1S/C10H20BrNO2/c1-2-3-8(4-11)5-12-6-9(13)10(14)7-12/h8-10,13-14H,2-7H2,1H3. The van der Waals surface area contributed by atoms with Gasteiger partial charge in [0.1, 0.15) is 0 Å². The minimum atomic E-state index is -0.549. The molecule has 1 saturated heterocycles. The lowest BCUT2D eigenvalue weighted by Gasteiger charge is -2.21. The molecule has 0 spiro atoms. The number of hydrogen-bond acceptors (Lipinski definition) is 3. The minimum absolute atomic E-state index is 0.549. The Balaban J connectivity index is 2.29. The van der Waals surface area contributed by atoms with Crippen LogP contribution in [0.4, 0.5) is 0 Å². The van der Waals surface area contributed by atoms with E-state index in [2.05, 4.69) is 27.8 Å². The van der Waals surface area contributed by atoms with Crippen LogP contribution in [0.5, 0.6) is 0 Å². The van der Waals surface area contributed by atoms with Gasteiger partial charge in [-0.05, 0) is 12.3 Å². The van der Waals surface area contributed by atoms with Crippen molar-refractivity contribution in [2.75, 3.05) is 25.0 Å². The maximum absolute atomic E-state index is 9.38. The minimum Gasteiger partial charge on any atom is -0.389 e. The zero-order valence-electron chi connectivity index (χ0n) is 8.69. The summed E-state index contributed by atoms with van der Waals surface area (Å²) in [5.41, 5.74) is 0. The molecule has 1 rings (SSSR count). The molecule has 0 bridgehead atoms. The van der Waals surface area contributed by atoms with Crippen LogP contribution >= 0.6 is 15.9 Å². The van der Waals surface area contributed by atoms with Crippen LogP contribution in [0.1, 0.15) is 19.8 Å². The lowest BCUT2D eigenvalue weighted by atomic mass is 10.1. The van der Waals surface area contributed by atoms with Gasteiger partial charge in [0.15, 0.2) is 0 Å². The topological polar surface area (TPSA) is 43.7 Å². The van der Waals surface area contributed by atoms with Crippen molar-refractivity contribution in [3.8, 4) is 0 Å². The van der Waals surface area contributed by atoms with Crippen molar-refractivity contribution in [3.63, 3.8) is 0 Å². The number of nitrogens with zero attached hydrogens (tertiary/aromatic N) is 1. The van der Waals surface area contributed by atoms with E-state index in [9.17, 15) is 10.2 Å². The third-order valence-corrected chi connectivity index (χ3v) is 3.68. The lowest BCUT2D eigenvalue weighted by molar-refractivity contribution is 0.0572. The summed E-state index contributed by atoms with van der Waals surface area (Å²) in [4.78, 5) is 2.15. The summed E-state index contributed by atoms with van der Waals surface area (Å²) in [7, 11) is 0. The number of alkyl halides is 1. The van der Waals surface area contributed by atoms with Crippen molar-refractivity contribution >= 4 is 15.9 Å². The summed E-state index contributed by atoms with van der Waals surface area (Å²) in [5.74, 6) is 0.637. The van der Waals surface area contributed by atoms with Gasteiger partial charge in [-0.1, -0.05) is 29.3 Å². The van der Waals surface area contributed by atoms with Gasteiger partial charge in [0, 0.05) is 25.0 Å². The van der Waals surface area contributed by atoms with Crippen molar-refractivity contribution in [3.05, 3.63) is 0 Å². The molecule has 0 radical (unpaired) electrons. The number of likely N-dealkylation sites (tertiary alicyclic amines) is 1. The second kappa shape index (κ2) is 6.05. The summed E-state index contributed by atoms with van der Waals surface area (Å²) < 4.78 is 0. The fourth-order valence-electron chi connectivity index (χ4n) is 1.99. The van der Waals surface area contributed by atoms with Crippen LogP contribution in [0.15, 0.2) is 0 Å². The van der Waals surface area contributed by atoms with Gasteiger partial charge in [-0.25, -0.2) is 0 Å². The van der Waals surface area contributed by atoms with Crippen LogP contribution in [-0.4, -0.2) is 52.3 Å². The molecular weight excluding hydrogens is 246 g/mol. The first kappa shape index (κ1) is 12.4. The van der Waals surface area contributed by atoms with Crippen molar-refractivity contribution in [1.29, 1.82) is 0 Å². The lowest BCUT2D eigenvalue weighted by Crippen LogP contribution is -2.29. The molecule has 3 nitrogen and oxygen atoms in total. The first-order chi connectivity index (χ1) is 6.67. The monoisotopic (exact) mass is 265 g/mol. The van der Waals surface area contributed by atoms with Crippen molar-refractivity contribution < 1.29 is 10.2 Å². The maximum atomic E-state index is 9.38. The largest absolute Gasteiger partial charge is 0.389 e. The van der Waals surface area contributed by atoms with Gasteiger partial charge in [-0.2, -0.15) is 0 Å². The zero-order chi connectivity index (χ0) is 10.6. The Morgan fingerprint density at radius 3 is 2.36 bits per heavy atom. The molecule has 1 aliphatic heterocycles. The number of aliphatic hydroxyl groups is 2. The molecule has 1 heterocycles. The molecular formula is C10H20BrNO2. The summed E-state index contributed by atoms with van der Waals surface area (Å²) in [5, 5.41) is 19.8. The highest BCUT2D eigenvalue weighted by Crippen LogP contribution is 2.16. The maximum Gasteiger partial charge on any atom is 0.0938 e. The van der Waals surface area contributed by atoms with Gasteiger partial charge in [-0.15, -0.1) is 0 Å². The van der Waals surface area contributed by atoms with Gasteiger partial charge >= 0.3 is 0 Å². The number of β-amino-alcohol motifs (C(OH)–C–C–N with tert-alkyl or cyclic N) is 2. The molecule has 0 aromatic carbocycles. The van der Waals surface area contributed by atoms with E-state index in [-0.39, 0.29) is 0 Å². The number of rotatable bonds is 5. The molecule has 2 N–H and O–H groups in total. The molecule has 1 fully saturated rings. The van der Waals surface area contributed by atoms with Gasteiger partial charge in [-0.3, -0.25) is 4.90 Å². The van der Waals surface area contributed by atoms with Gasteiger partial charge < -0.3 is 10.2 Å². The van der Waals surface area contributed by atoms with E-state index in [4.69, 9.17) is 0 Å². The highest BCUT2D eigenvalue weighted by atomic mass is 79.9. The van der Waals surface area contributed by atoms with E-state index >= 15 is 0 Å². The first-order valence-electron chi connectivity index (χ1n) is 5.31. The second-order valence-corrected chi connectivity index (χ2v) is 4.81. The molecule has 0 aliphatic carbocycles. The highest BCUT2D eigenvalue weighted by Gasteiger charge is 2.30. The molecule has 84 valence electrons. The van der Waals surface area contributed by atoms with E-state index in [0.29, 0.717) is 19.0 Å². The van der Waals surface area contributed by atoms with Crippen molar-refractivity contribution in [2.45, 2.75) is 32.0 Å². The Bertz CT molecular complexity index is 158. The Labute approximate surface area is 94.2 Å². The van der Waals surface area contributed by atoms with E-state index < -0.39 is 12.2 Å². The Morgan fingerprint density at radius 2 is 1.93 bits per heavy atom. The second-order valence-electron chi connectivity index (χ2n) is 4.16. The molecule has 0 aromatic rings. The van der Waals surface area contributed by atoms with Crippen molar-refractivity contribution in [2.24, 2.45) is 5.92 Å². The molecule has 0 aromatic heterocycles. The SMILES string of the molecule is CCCC(CBr)CN1CC(O)C(O)C1. The summed E-state index contributed by atoms with van der Waals surface area (Å²) in [6.45, 7) is 4.40. The highest BCUT2D eigenvalue weighted by molar-refractivity contribution is 9.09.